The van der Waals surface area contributed by atoms with Crippen LogP contribution in [0.25, 0.3) is 0 Å². The zero-order valence-corrected chi connectivity index (χ0v) is 4.90. The van der Waals surface area contributed by atoms with Gasteiger partial charge in [-0.25, -0.2) is 0 Å². The third kappa shape index (κ3) is 0.556. The number of nitro benzene ring substituents is 1. The van der Waals surface area contributed by atoms with Crippen LogP contribution in [0.2, 0.25) is 0 Å². The smallest absolute Gasteiger partial charge is 0.315 e. The van der Waals surface area contributed by atoms with Crippen LogP contribution in [0.15, 0.2) is 18.2 Å². The van der Waals surface area contributed by atoms with Gasteiger partial charge in [0.2, 0.25) is 5.75 Å². The van der Waals surface area contributed by atoms with Gasteiger partial charge in [-0.1, -0.05) is 6.07 Å². The van der Waals surface area contributed by atoms with Crippen molar-refractivity contribution in [3.63, 3.8) is 0 Å². The highest BCUT2D eigenvalue weighted by molar-refractivity contribution is 5.66. The molecule has 0 saturated carbocycles. The molecule has 4 heteroatoms. The summed E-state index contributed by atoms with van der Waals surface area (Å²) in [6.07, 6.45) is 0. The topological polar surface area (TPSA) is 55.7 Å². The largest absolute Gasteiger partial charge is 0.442 e. The van der Waals surface area contributed by atoms with E-state index >= 15 is 0 Å². The van der Waals surface area contributed by atoms with Crippen LogP contribution in [0.5, 0.6) is 11.5 Å². The fourth-order valence-corrected chi connectivity index (χ4v) is 0.819. The molecule has 0 amide bonds. The van der Waals surface area contributed by atoms with E-state index in [0.29, 0.717) is 11.5 Å². The fourth-order valence-electron chi connectivity index (χ4n) is 0.819. The standard InChI is InChI=1S/C6H3NO3/c8-7(9)4-2-1-3-5-6(4)10-5/h1-3H. The maximum atomic E-state index is 10.2. The van der Waals surface area contributed by atoms with E-state index in [4.69, 9.17) is 4.74 Å². The molecule has 1 aromatic rings. The summed E-state index contributed by atoms with van der Waals surface area (Å²) in [5.74, 6) is 1.03. The molecule has 1 aliphatic rings. The average molecular weight is 137 g/mol. The van der Waals surface area contributed by atoms with Crippen LogP contribution in [0.3, 0.4) is 0 Å². The lowest BCUT2D eigenvalue weighted by atomic mass is 10.3. The van der Waals surface area contributed by atoms with Gasteiger partial charge < -0.3 is 4.74 Å². The minimum atomic E-state index is -0.453. The first-order chi connectivity index (χ1) is 4.79. The first-order valence-corrected chi connectivity index (χ1v) is 2.74. The van der Waals surface area contributed by atoms with Gasteiger partial charge >= 0.3 is 5.69 Å². The van der Waals surface area contributed by atoms with Crippen LogP contribution in [-0.2, 0) is 0 Å². The Kier molecular flexibility index (Phi) is 0.768. The Morgan fingerprint density at radius 1 is 1.50 bits per heavy atom. The zero-order chi connectivity index (χ0) is 7.14. The summed E-state index contributed by atoms with van der Waals surface area (Å²) in [5, 5.41) is 10.2. The van der Waals surface area contributed by atoms with Gasteiger partial charge in [0.25, 0.3) is 0 Å². The van der Waals surface area contributed by atoms with E-state index in [2.05, 4.69) is 0 Å². The number of hydrogen-bond acceptors (Lipinski definition) is 3. The Morgan fingerprint density at radius 3 is 2.90 bits per heavy atom. The number of ether oxygens (including phenoxy) is 1. The van der Waals surface area contributed by atoms with E-state index in [9.17, 15) is 10.1 Å². The molecule has 10 heavy (non-hydrogen) atoms. The minimum Gasteiger partial charge on any atom is -0.442 e. The summed E-state index contributed by atoms with van der Waals surface area (Å²) in [6.45, 7) is 0. The molecule has 0 fully saturated rings. The van der Waals surface area contributed by atoms with Crippen LogP contribution in [-0.4, -0.2) is 4.92 Å². The van der Waals surface area contributed by atoms with Crippen molar-refractivity contribution in [1.29, 1.82) is 0 Å². The molecule has 0 aromatic heterocycles. The summed E-state index contributed by atoms with van der Waals surface area (Å²) in [6, 6.07) is 4.72. The van der Waals surface area contributed by atoms with Crippen molar-refractivity contribution in [2.24, 2.45) is 0 Å². The summed E-state index contributed by atoms with van der Waals surface area (Å²) in [4.78, 5) is 9.73. The molecule has 4 nitrogen and oxygen atoms in total. The maximum absolute atomic E-state index is 10.2. The molecular weight excluding hydrogens is 134 g/mol. The van der Waals surface area contributed by atoms with Crippen molar-refractivity contribution in [1.82, 2.24) is 0 Å². The first-order valence-electron chi connectivity index (χ1n) is 2.74. The Bertz CT molecular complexity index is 308. The highest BCUT2D eigenvalue weighted by atomic mass is 16.6. The first kappa shape index (κ1) is 5.22. The minimum absolute atomic E-state index is 0.0532. The van der Waals surface area contributed by atoms with Crippen LogP contribution in [0.1, 0.15) is 0 Å². The second kappa shape index (κ2) is 1.47. The van der Waals surface area contributed by atoms with E-state index in [0.717, 1.165) is 0 Å². The molecule has 1 aromatic carbocycles. The van der Waals surface area contributed by atoms with Gasteiger partial charge in [-0.05, 0) is 6.07 Å². The molecule has 0 radical (unpaired) electrons. The van der Waals surface area contributed by atoms with Crippen LogP contribution >= 0.6 is 0 Å². The monoisotopic (exact) mass is 137 g/mol. The number of para-hydroxylation sites is 1. The molecule has 0 unspecified atom stereocenters. The molecule has 0 bridgehead atoms. The SMILES string of the molecule is O=[N+]([O-])c1cccc2c1O2. The van der Waals surface area contributed by atoms with Crippen molar-refractivity contribution in [3.8, 4) is 11.5 Å². The van der Waals surface area contributed by atoms with Gasteiger partial charge in [-0.2, -0.15) is 0 Å². The molecule has 0 N–H and O–H groups in total. The molecule has 1 aliphatic heterocycles. The molecule has 0 spiro atoms. The highest BCUT2D eigenvalue weighted by Gasteiger charge is 2.30. The van der Waals surface area contributed by atoms with E-state index in [1.165, 1.54) is 6.07 Å². The van der Waals surface area contributed by atoms with Gasteiger partial charge in [-0.3, -0.25) is 10.1 Å². The van der Waals surface area contributed by atoms with E-state index in [-0.39, 0.29) is 5.69 Å². The Hall–Kier alpha value is -1.58. The van der Waals surface area contributed by atoms with Crippen molar-refractivity contribution >= 4 is 5.69 Å². The predicted molar refractivity (Wildman–Crippen MR) is 33.2 cm³/mol. The number of hydrogen-bond donors (Lipinski definition) is 0. The average Bonchev–Trinajstić information content (AvgIpc) is 2.63. The fraction of sp³-hybridized carbons (Fsp3) is 0. The lowest BCUT2D eigenvalue weighted by Gasteiger charge is -1.81. The van der Waals surface area contributed by atoms with Gasteiger partial charge in [0.05, 0.1) is 4.92 Å². The van der Waals surface area contributed by atoms with Gasteiger partial charge in [0.15, 0.2) is 5.75 Å². The number of rotatable bonds is 1. The van der Waals surface area contributed by atoms with E-state index in [1.54, 1.807) is 12.1 Å². The van der Waals surface area contributed by atoms with Crippen molar-refractivity contribution in [2.45, 2.75) is 0 Å². The van der Waals surface area contributed by atoms with E-state index < -0.39 is 4.92 Å². The normalized spacial score (nSPS) is 11.6. The highest BCUT2D eigenvalue weighted by Crippen LogP contribution is 2.51. The zero-order valence-electron chi connectivity index (χ0n) is 4.90. The third-order valence-corrected chi connectivity index (χ3v) is 1.33. The number of nitrogens with zero attached hydrogens (tertiary/aromatic N) is 1. The Labute approximate surface area is 56.2 Å². The molecule has 2 rings (SSSR count). The summed E-state index contributed by atoms with van der Waals surface area (Å²) < 4.78 is 4.79. The molecular formula is C6H3NO3. The van der Waals surface area contributed by atoms with Gasteiger partial charge in [-0.15, -0.1) is 0 Å². The maximum Gasteiger partial charge on any atom is 0.315 e. The third-order valence-electron chi connectivity index (χ3n) is 1.33. The quantitative estimate of drug-likeness (QED) is 0.341. The van der Waals surface area contributed by atoms with Crippen LogP contribution in [0, 0.1) is 10.1 Å². The molecule has 1 heterocycles. The molecule has 0 atom stereocenters. The molecule has 0 aliphatic carbocycles. The van der Waals surface area contributed by atoms with Gasteiger partial charge in [0, 0.05) is 6.07 Å². The van der Waals surface area contributed by atoms with E-state index in [1.807, 2.05) is 0 Å². The Balaban J connectivity index is 2.56. The Morgan fingerprint density at radius 2 is 2.30 bits per heavy atom. The van der Waals surface area contributed by atoms with Crippen molar-refractivity contribution in [3.05, 3.63) is 28.3 Å². The van der Waals surface area contributed by atoms with Crippen molar-refractivity contribution in [2.75, 3.05) is 0 Å². The number of benzene rings is 1. The summed E-state index contributed by atoms with van der Waals surface area (Å²) >= 11 is 0. The second-order valence-corrected chi connectivity index (χ2v) is 1.96. The summed E-state index contributed by atoms with van der Waals surface area (Å²) in [5.41, 5.74) is 0.0532. The lowest BCUT2D eigenvalue weighted by Crippen LogP contribution is -1.83. The van der Waals surface area contributed by atoms with Crippen molar-refractivity contribution < 1.29 is 9.66 Å². The summed E-state index contributed by atoms with van der Waals surface area (Å²) in [7, 11) is 0. The predicted octanol–water partition coefficient (Wildman–Crippen LogP) is 1.70. The number of fused-ring (bicyclic) bond motifs is 1. The van der Waals surface area contributed by atoms with Crippen LogP contribution < -0.4 is 4.74 Å². The van der Waals surface area contributed by atoms with Crippen LogP contribution in [0.4, 0.5) is 5.69 Å². The second-order valence-electron chi connectivity index (χ2n) is 1.96. The lowest BCUT2D eigenvalue weighted by molar-refractivity contribution is -0.384. The molecule has 50 valence electrons. The van der Waals surface area contributed by atoms with Gasteiger partial charge in [0.1, 0.15) is 0 Å². The number of nitro groups is 1. The molecule has 0 saturated heterocycles.